The second kappa shape index (κ2) is 4.21. The van der Waals surface area contributed by atoms with Crippen molar-refractivity contribution in [2.75, 3.05) is 18.0 Å². The number of benzene rings is 1. The van der Waals surface area contributed by atoms with Crippen LogP contribution in [0.2, 0.25) is 0 Å². The molecule has 0 bridgehead atoms. The van der Waals surface area contributed by atoms with Crippen molar-refractivity contribution in [3.63, 3.8) is 0 Å². The molecular formula is C12H18N2O. The molecule has 0 saturated carbocycles. The first-order valence-electron chi connectivity index (χ1n) is 5.39. The van der Waals surface area contributed by atoms with E-state index < -0.39 is 0 Å². The van der Waals surface area contributed by atoms with E-state index in [9.17, 15) is 0 Å². The van der Waals surface area contributed by atoms with Crippen LogP contribution in [0.15, 0.2) is 18.2 Å². The van der Waals surface area contributed by atoms with E-state index in [1.807, 2.05) is 0 Å². The van der Waals surface area contributed by atoms with Crippen molar-refractivity contribution < 1.29 is 4.84 Å². The van der Waals surface area contributed by atoms with Crippen LogP contribution in [0.1, 0.15) is 17.5 Å². The van der Waals surface area contributed by atoms with Gasteiger partial charge in [-0.15, -0.1) is 0 Å². The first-order valence-corrected chi connectivity index (χ1v) is 5.39. The zero-order valence-corrected chi connectivity index (χ0v) is 9.36. The molecule has 3 heteroatoms. The molecule has 0 spiro atoms. The number of hydrogen-bond donors (Lipinski definition) is 1. The summed E-state index contributed by atoms with van der Waals surface area (Å²) in [4.78, 5) is 7.26. The summed E-state index contributed by atoms with van der Waals surface area (Å²) in [5.41, 5.74) is 4.00. The third-order valence-electron chi connectivity index (χ3n) is 3.09. The molecule has 2 N–H and O–H groups in total. The van der Waals surface area contributed by atoms with E-state index in [2.05, 4.69) is 36.9 Å². The van der Waals surface area contributed by atoms with Gasteiger partial charge in [0.2, 0.25) is 0 Å². The van der Waals surface area contributed by atoms with Gasteiger partial charge in [0.25, 0.3) is 0 Å². The Labute approximate surface area is 90.8 Å². The standard InChI is InChI=1S/C12H18N2O/c1-9-4-3-5-10(2)12(9)14-7-6-11(8-14)15-13/h3-5,11H,6-8,13H2,1-2H3. The molecule has 1 aliphatic heterocycles. The molecule has 0 amide bonds. The fourth-order valence-corrected chi connectivity index (χ4v) is 2.35. The molecular weight excluding hydrogens is 188 g/mol. The van der Waals surface area contributed by atoms with Gasteiger partial charge in [-0.1, -0.05) is 18.2 Å². The molecule has 15 heavy (non-hydrogen) atoms. The van der Waals surface area contributed by atoms with Gasteiger partial charge in [0.05, 0.1) is 6.10 Å². The van der Waals surface area contributed by atoms with Crippen molar-refractivity contribution in [2.24, 2.45) is 5.90 Å². The van der Waals surface area contributed by atoms with E-state index in [1.165, 1.54) is 16.8 Å². The largest absolute Gasteiger partial charge is 0.368 e. The highest BCUT2D eigenvalue weighted by atomic mass is 16.6. The van der Waals surface area contributed by atoms with Gasteiger partial charge in [-0.25, -0.2) is 5.90 Å². The monoisotopic (exact) mass is 206 g/mol. The molecule has 2 rings (SSSR count). The van der Waals surface area contributed by atoms with Crippen LogP contribution < -0.4 is 10.8 Å². The first kappa shape index (κ1) is 10.5. The number of nitrogens with zero attached hydrogens (tertiary/aromatic N) is 1. The zero-order valence-electron chi connectivity index (χ0n) is 9.36. The molecule has 1 unspecified atom stereocenters. The Morgan fingerprint density at radius 3 is 2.53 bits per heavy atom. The first-order chi connectivity index (χ1) is 7.22. The molecule has 1 saturated heterocycles. The SMILES string of the molecule is Cc1cccc(C)c1N1CCC(ON)C1. The van der Waals surface area contributed by atoms with Gasteiger partial charge in [0, 0.05) is 18.8 Å². The van der Waals surface area contributed by atoms with E-state index in [1.54, 1.807) is 0 Å². The number of aryl methyl sites for hydroxylation is 2. The molecule has 1 aliphatic rings. The summed E-state index contributed by atoms with van der Waals surface area (Å²) < 4.78 is 0. The maximum Gasteiger partial charge on any atom is 0.0978 e. The van der Waals surface area contributed by atoms with E-state index in [0.717, 1.165) is 19.5 Å². The van der Waals surface area contributed by atoms with E-state index in [4.69, 9.17) is 10.7 Å². The van der Waals surface area contributed by atoms with Gasteiger partial charge >= 0.3 is 0 Å². The van der Waals surface area contributed by atoms with Crippen molar-refractivity contribution in [3.8, 4) is 0 Å². The van der Waals surface area contributed by atoms with Crippen LogP contribution in [-0.4, -0.2) is 19.2 Å². The molecule has 1 heterocycles. The summed E-state index contributed by atoms with van der Waals surface area (Å²) in [5.74, 6) is 5.22. The second-order valence-electron chi connectivity index (χ2n) is 4.23. The predicted molar refractivity (Wildman–Crippen MR) is 61.8 cm³/mol. The highest BCUT2D eigenvalue weighted by molar-refractivity contribution is 5.59. The lowest BCUT2D eigenvalue weighted by Crippen LogP contribution is -2.25. The van der Waals surface area contributed by atoms with Gasteiger partial charge in [0.15, 0.2) is 0 Å². The van der Waals surface area contributed by atoms with Crippen molar-refractivity contribution in [2.45, 2.75) is 26.4 Å². The predicted octanol–water partition coefficient (Wildman–Crippen LogP) is 1.77. The molecule has 1 atom stereocenters. The van der Waals surface area contributed by atoms with Crippen LogP contribution in [0.3, 0.4) is 0 Å². The van der Waals surface area contributed by atoms with Crippen LogP contribution in [0.4, 0.5) is 5.69 Å². The van der Waals surface area contributed by atoms with Gasteiger partial charge in [-0.05, 0) is 31.4 Å². The lowest BCUT2D eigenvalue weighted by molar-refractivity contribution is 0.0690. The van der Waals surface area contributed by atoms with Crippen molar-refractivity contribution >= 4 is 5.69 Å². The van der Waals surface area contributed by atoms with Crippen LogP contribution in [0.25, 0.3) is 0 Å². The van der Waals surface area contributed by atoms with Crippen LogP contribution in [0, 0.1) is 13.8 Å². The Morgan fingerprint density at radius 2 is 2.00 bits per heavy atom. The maximum atomic E-state index is 5.22. The highest BCUT2D eigenvalue weighted by Gasteiger charge is 2.24. The van der Waals surface area contributed by atoms with Crippen molar-refractivity contribution in [1.29, 1.82) is 0 Å². The van der Waals surface area contributed by atoms with Gasteiger partial charge in [0.1, 0.15) is 0 Å². The average Bonchev–Trinajstić information content (AvgIpc) is 2.66. The van der Waals surface area contributed by atoms with Crippen molar-refractivity contribution in [1.82, 2.24) is 0 Å². The zero-order chi connectivity index (χ0) is 10.8. The molecule has 1 aromatic rings. The maximum absolute atomic E-state index is 5.22. The number of hydrogen-bond acceptors (Lipinski definition) is 3. The summed E-state index contributed by atoms with van der Waals surface area (Å²) in [5, 5.41) is 0. The minimum absolute atomic E-state index is 0.184. The topological polar surface area (TPSA) is 38.5 Å². The number of anilines is 1. The molecule has 82 valence electrons. The van der Waals surface area contributed by atoms with Gasteiger partial charge in [-0.2, -0.15) is 0 Å². The Bertz CT molecular complexity index is 331. The summed E-state index contributed by atoms with van der Waals surface area (Å²) in [6.07, 6.45) is 1.20. The normalized spacial score (nSPS) is 21.0. The van der Waals surface area contributed by atoms with Crippen LogP contribution in [0.5, 0.6) is 0 Å². The minimum Gasteiger partial charge on any atom is -0.368 e. The Hall–Kier alpha value is -1.06. The smallest absolute Gasteiger partial charge is 0.0978 e. The van der Waals surface area contributed by atoms with Crippen LogP contribution in [-0.2, 0) is 4.84 Å². The third-order valence-corrected chi connectivity index (χ3v) is 3.09. The Kier molecular flexibility index (Phi) is 2.93. The lowest BCUT2D eigenvalue weighted by Gasteiger charge is -2.22. The summed E-state index contributed by atoms with van der Waals surface area (Å²) in [7, 11) is 0. The molecule has 1 fully saturated rings. The summed E-state index contributed by atoms with van der Waals surface area (Å²) in [6.45, 7) is 6.24. The molecule has 0 radical (unpaired) electrons. The number of para-hydroxylation sites is 1. The highest BCUT2D eigenvalue weighted by Crippen LogP contribution is 2.28. The molecule has 3 nitrogen and oxygen atoms in total. The number of nitrogens with two attached hydrogens (primary N) is 1. The second-order valence-corrected chi connectivity index (χ2v) is 4.23. The molecule has 0 aromatic heterocycles. The fourth-order valence-electron chi connectivity index (χ4n) is 2.35. The van der Waals surface area contributed by atoms with Gasteiger partial charge < -0.3 is 4.90 Å². The van der Waals surface area contributed by atoms with E-state index in [-0.39, 0.29) is 6.10 Å². The minimum atomic E-state index is 0.184. The van der Waals surface area contributed by atoms with E-state index >= 15 is 0 Å². The van der Waals surface area contributed by atoms with E-state index in [0.29, 0.717) is 0 Å². The summed E-state index contributed by atoms with van der Waals surface area (Å²) in [6, 6.07) is 6.40. The Balaban J connectivity index is 2.23. The quantitative estimate of drug-likeness (QED) is 0.749. The summed E-state index contributed by atoms with van der Waals surface area (Å²) >= 11 is 0. The van der Waals surface area contributed by atoms with Crippen molar-refractivity contribution in [3.05, 3.63) is 29.3 Å². The number of rotatable bonds is 2. The molecule has 1 aromatic carbocycles. The third kappa shape index (κ3) is 1.98. The fraction of sp³-hybridized carbons (Fsp3) is 0.500. The molecule has 0 aliphatic carbocycles. The van der Waals surface area contributed by atoms with Crippen LogP contribution >= 0.6 is 0 Å². The average molecular weight is 206 g/mol. The Morgan fingerprint density at radius 1 is 1.33 bits per heavy atom. The van der Waals surface area contributed by atoms with Gasteiger partial charge in [-0.3, -0.25) is 4.84 Å². The lowest BCUT2D eigenvalue weighted by atomic mass is 10.1.